The zero-order valence-electron chi connectivity index (χ0n) is 9.65. The summed E-state index contributed by atoms with van der Waals surface area (Å²) in [6, 6.07) is 9.50. The molecule has 3 rings (SSSR count). The molecule has 1 N–H and O–H groups in total. The van der Waals surface area contributed by atoms with E-state index in [4.69, 9.17) is 4.74 Å². The van der Waals surface area contributed by atoms with Gasteiger partial charge in [-0.15, -0.1) is 11.3 Å². The van der Waals surface area contributed by atoms with Crippen molar-refractivity contribution in [3.05, 3.63) is 49.0 Å². The second kappa shape index (κ2) is 5.26. The van der Waals surface area contributed by atoms with Gasteiger partial charge in [-0.3, -0.25) is 4.79 Å². The van der Waals surface area contributed by atoms with Crippen molar-refractivity contribution in [2.45, 2.75) is 6.04 Å². The number of nitrogens with one attached hydrogen (secondary N) is 1. The van der Waals surface area contributed by atoms with Gasteiger partial charge in [0.15, 0.2) is 0 Å². The third kappa shape index (κ3) is 2.57. The van der Waals surface area contributed by atoms with Gasteiger partial charge in [-0.2, -0.15) is 0 Å². The third-order valence-electron chi connectivity index (χ3n) is 2.87. The molecule has 3 nitrogen and oxygen atoms in total. The lowest BCUT2D eigenvalue weighted by molar-refractivity contribution is 0.0934. The van der Waals surface area contributed by atoms with Gasteiger partial charge in [0.1, 0.15) is 12.4 Å². The lowest BCUT2D eigenvalue weighted by atomic mass is 10.1. The summed E-state index contributed by atoms with van der Waals surface area (Å²) in [6.45, 7) is 0.485. The van der Waals surface area contributed by atoms with E-state index in [0.29, 0.717) is 11.5 Å². The number of fused-ring (bicyclic) bond motifs is 1. The first-order chi connectivity index (χ1) is 9.15. The highest BCUT2D eigenvalue weighted by molar-refractivity contribution is 9.13. The molecule has 1 aromatic heterocycles. The summed E-state index contributed by atoms with van der Waals surface area (Å²) in [5, 5.41) is 3.00. The minimum atomic E-state index is -0.0818. The largest absolute Gasteiger partial charge is 0.491 e. The molecule has 0 radical (unpaired) electrons. The van der Waals surface area contributed by atoms with Crippen molar-refractivity contribution in [3.8, 4) is 5.75 Å². The highest BCUT2D eigenvalue weighted by atomic mass is 79.9. The maximum absolute atomic E-state index is 12.2. The van der Waals surface area contributed by atoms with E-state index in [0.717, 1.165) is 19.6 Å². The predicted octanol–water partition coefficient (Wildman–Crippen LogP) is 4.14. The van der Waals surface area contributed by atoms with Gasteiger partial charge in [0.25, 0.3) is 5.91 Å². The fraction of sp³-hybridized carbons (Fsp3) is 0.154. The number of ether oxygens (including phenoxy) is 1. The molecule has 0 saturated heterocycles. The second-order valence-corrected chi connectivity index (χ2v) is 7.33. The molecule has 0 spiro atoms. The summed E-state index contributed by atoms with van der Waals surface area (Å²) in [5.74, 6) is 0.767. The number of thiophene rings is 1. The Labute approximate surface area is 131 Å². The van der Waals surface area contributed by atoms with E-state index < -0.39 is 0 Å². The Hall–Kier alpha value is -0.850. The van der Waals surface area contributed by atoms with E-state index in [-0.39, 0.29) is 11.9 Å². The molecule has 1 amide bonds. The topological polar surface area (TPSA) is 38.3 Å². The van der Waals surface area contributed by atoms with Crippen molar-refractivity contribution < 1.29 is 9.53 Å². The molecule has 19 heavy (non-hydrogen) atoms. The molecule has 0 bridgehead atoms. The van der Waals surface area contributed by atoms with Crippen molar-refractivity contribution in [3.63, 3.8) is 0 Å². The Morgan fingerprint density at radius 3 is 2.89 bits per heavy atom. The number of hydrogen-bond acceptors (Lipinski definition) is 3. The van der Waals surface area contributed by atoms with Gasteiger partial charge in [-0.05, 0) is 44.0 Å². The summed E-state index contributed by atoms with van der Waals surface area (Å²) < 4.78 is 7.36. The number of benzene rings is 1. The second-order valence-electron chi connectivity index (χ2n) is 4.11. The molecule has 98 valence electrons. The minimum Gasteiger partial charge on any atom is -0.491 e. The van der Waals surface area contributed by atoms with Crippen LogP contribution < -0.4 is 10.1 Å². The maximum Gasteiger partial charge on any atom is 0.262 e. The molecular formula is C13H9Br2NO2S. The van der Waals surface area contributed by atoms with Gasteiger partial charge in [0.2, 0.25) is 0 Å². The van der Waals surface area contributed by atoms with Gasteiger partial charge >= 0.3 is 0 Å². The Bertz CT molecular complexity index is 622. The van der Waals surface area contributed by atoms with Crippen LogP contribution in [0.5, 0.6) is 5.75 Å². The molecule has 1 atom stereocenters. The van der Waals surface area contributed by atoms with Gasteiger partial charge in [-0.1, -0.05) is 18.2 Å². The molecule has 1 aliphatic rings. The maximum atomic E-state index is 12.2. The zero-order chi connectivity index (χ0) is 13.4. The van der Waals surface area contributed by atoms with E-state index in [1.165, 1.54) is 11.3 Å². The highest BCUT2D eigenvalue weighted by Crippen LogP contribution is 2.34. The molecular weight excluding hydrogens is 394 g/mol. The Morgan fingerprint density at radius 1 is 1.37 bits per heavy atom. The van der Waals surface area contributed by atoms with Crippen molar-refractivity contribution in [2.75, 3.05) is 6.61 Å². The van der Waals surface area contributed by atoms with Crippen LogP contribution in [-0.4, -0.2) is 12.5 Å². The quantitative estimate of drug-likeness (QED) is 0.819. The van der Waals surface area contributed by atoms with Crippen LogP contribution in [0.2, 0.25) is 0 Å². The molecule has 1 unspecified atom stereocenters. The lowest BCUT2D eigenvalue weighted by Crippen LogP contribution is -2.28. The van der Waals surface area contributed by atoms with Crippen LogP contribution in [0.1, 0.15) is 21.3 Å². The normalized spacial score (nSPS) is 16.8. The fourth-order valence-corrected chi connectivity index (χ4v) is 3.91. The number of amides is 1. The van der Waals surface area contributed by atoms with Crippen LogP contribution in [0.3, 0.4) is 0 Å². The number of para-hydroxylation sites is 1. The van der Waals surface area contributed by atoms with Gasteiger partial charge in [-0.25, -0.2) is 0 Å². The van der Waals surface area contributed by atoms with E-state index in [1.807, 2.05) is 30.3 Å². The van der Waals surface area contributed by atoms with E-state index in [1.54, 1.807) is 0 Å². The first-order valence-electron chi connectivity index (χ1n) is 5.62. The number of carbonyl (C=O) groups excluding carboxylic acids is 1. The number of rotatable bonds is 2. The summed E-state index contributed by atoms with van der Waals surface area (Å²) in [4.78, 5) is 12.8. The Kier molecular flexibility index (Phi) is 3.64. The van der Waals surface area contributed by atoms with E-state index in [9.17, 15) is 4.79 Å². The van der Waals surface area contributed by atoms with E-state index in [2.05, 4.69) is 37.2 Å². The summed E-state index contributed by atoms with van der Waals surface area (Å²) in [5.41, 5.74) is 1.03. The molecule has 6 heteroatoms. The molecule has 2 aromatic rings. The first kappa shape index (κ1) is 13.1. The number of halogens is 2. The standard InChI is InChI=1S/C13H9Br2NO2S/c14-8-5-11(19-12(8)15)13(17)16-9-6-18-10-4-2-1-3-7(9)10/h1-5,9H,6H2,(H,16,17). The smallest absolute Gasteiger partial charge is 0.262 e. The predicted molar refractivity (Wildman–Crippen MR) is 81.9 cm³/mol. The average molecular weight is 403 g/mol. The van der Waals surface area contributed by atoms with Crippen LogP contribution in [-0.2, 0) is 0 Å². The molecule has 1 aromatic carbocycles. The molecule has 1 aliphatic heterocycles. The first-order valence-corrected chi connectivity index (χ1v) is 8.03. The van der Waals surface area contributed by atoms with Crippen LogP contribution in [0.15, 0.2) is 38.6 Å². The van der Waals surface area contributed by atoms with Crippen molar-refractivity contribution in [1.29, 1.82) is 0 Å². The summed E-state index contributed by atoms with van der Waals surface area (Å²) in [6.07, 6.45) is 0. The van der Waals surface area contributed by atoms with Crippen molar-refractivity contribution in [1.82, 2.24) is 5.32 Å². The van der Waals surface area contributed by atoms with Crippen LogP contribution in [0.4, 0.5) is 0 Å². The molecule has 0 saturated carbocycles. The third-order valence-corrected chi connectivity index (χ3v) is 6.13. The summed E-state index contributed by atoms with van der Waals surface area (Å²) in [7, 11) is 0. The van der Waals surface area contributed by atoms with E-state index >= 15 is 0 Å². The molecule has 0 fully saturated rings. The Balaban J connectivity index is 1.78. The van der Waals surface area contributed by atoms with Gasteiger partial charge < -0.3 is 10.1 Å². The van der Waals surface area contributed by atoms with Gasteiger partial charge in [0.05, 0.1) is 14.7 Å². The van der Waals surface area contributed by atoms with Crippen molar-refractivity contribution in [2.24, 2.45) is 0 Å². The van der Waals surface area contributed by atoms with Crippen LogP contribution in [0, 0.1) is 0 Å². The van der Waals surface area contributed by atoms with Crippen LogP contribution >= 0.6 is 43.2 Å². The fourth-order valence-electron chi connectivity index (χ4n) is 1.97. The zero-order valence-corrected chi connectivity index (χ0v) is 13.6. The highest BCUT2D eigenvalue weighted by Gasteiger charge is 2.26. The van der Waals surface area contributed by atoms with Crippen molar-refractivity contribution >= 4 is 49.1 Å². The monoisotopic (exact) mass is 401 g/mol. The molecule has 2 heterocycles. The average Bonchev–Trinajstić information content (AvgIpc) is 2.95. The Morgan fingerprint density at radius 2 is 2.16 bits per heavy atom. The van der Waals surface area contributed by atoms with Crippen LogP contribution in [0.25, 0.3) is 0 Å². The lowest BCUT2D eigenvalue weighted by Gasteiger charge is -2.10. The number of carbonyl (C=O) groups is 1. The SMILES string of the molecule is O=C(NC1COc2ccccc21)c1cc(Br)c(Br)s1. The summed E-state index contributed by atoms with van der Waals surface area (Å²) >= 11 is 8.18. The molecule has 0 aliphatic carbocycles. The number of hydrogen-bond donors (Lipinski definition) is 1. The minimum absolute atomic E-state index is 0.0802. The van der Waals surface area contributed by atoms with Gasteiger partial charge in [0, 0.05) is 10.0 Å².